The smallest absolute Gasteiger partial charge is 0.462 e. The first-order valence-electron chi connectivity index (χ1n) is 22.6. The predicted octanol–water partition coefficient (Wildman–Crippen LogP) is 10.9. The predicted molar refractivity (Wildman–Crippen MR) is 239 cm³/mol. The molecule has 3 atom stereocenters. The number of ether oxygens (including phenoxy) is 2. The van der Waals surface area contributed by atoms with Crippen molar-refractivity contribution in [3.05, 3.63) is 48.6 Å². The van der Waals surface area contributed by atoms with Gasteiger partial charge in [0.15, 0.2) is 11.9 Å². The normalized spacial score (nSPS) is 14.4. The van der Waals surface area contributed by atoms with Gasteiger partial charge >= 0.3 is 27.6 Å². The van der Waals surface area contributed by atoms with Crippen LogP contribution in [0.3, 0.4) is 0 Å². The maximum absolute atomic E-state index is 12.6. The molecular weight excluding hydrogens is 826 g/mol. The zero-order valence-corrected chi connectivity index (χ0v) is 39.2. The number of aliphatic hydroxyl groups is 1. The first kappa shape index (κ1) is 58.8. The summed E-state index contributed by atoms with van der Waals surface area (Å²) in [5.74, 6) is -0.189. The van der Waals surface area contributed by atoms with Gasteiger partial charge in [0.05, 0.1) is 19.8 Å². The summed E-state index contributed by atoms with van der Waals surface area (Å²) in [6, 6.07) is 0. The third-order valence-corrected chi connectivity index (χ3v) is 10.8. The van der Waals surface area contributed by atoms with Gasteiger partial charge < -0.3 is 29.3 Å². The third-order valence-electron chi connectivity index (χ3n) is 9.36. The third kappa shape index (κ3) is 44.2. The molecule has 0 aromatic carbocycles. The minimum absolute atomic E-state index is 0.0294. The molecule has 16 heteroatoms. The highest BCUT2D eigenvalue weighted by Crippen LogP contribution is 2.43. The van der Waals surface area contributed by atoms with E-state index in [1.54, 1.807) is 12.2 Å². The molecule has 0 spiro atoms. The molecule has 0 radical (unpaired) electrons. The SMILES string of the molecule is CCCCCC(=O)/C=C/C=C\C/C=C\C/C=C\CCCC(=O)O[C@H](COC(=O)CCCCCCCCCCCCCCCC(C)C)COP(=O)(O)OC[C@@H](O)COP(=O)(O)O. The molecule has 0 aromatic rings. The van der Waals surface area contributed by atoms with Crippen LogP contribution in [0.5, 0.6) is 0 Å². The Kier molecular flexibility index (Phi) is 37.9. The van der Waals surface area contributed by atoms with E-state index in [-0.39, 0.29) is 18.6 Å². The maximum Gasteiger partial charge on any atom is 0.472 e. The minimum atomic E-state index is -4.88. The van der Waals surface area contributed by atoms with Crippen LogP contribution in [-0.4, -0.2) is 76.1 Å². The second kappa shape index (κ2) is 39.3. The number of hydrogen-bond acceptors (Lipinski definition) is 11. The van der Waals surface area contributed by atoms with E-state index in [2.05, 4.69) is 29.8 Å². The summed E-state index contributed by atoms with van der Waals surface area (Å²) in [5.41, 5.74) is 0. The first-order chi connectivity index (χ1) is 29.1. The zero-order chi connectivity index (χ0) is 45.5. The van der Waals surface area contributed by atoms with Crippen LogP contribution in [0.4, 0.5) is 0 Å². The van der Waals surface area contributed by atoms with Gasteiger partial charge in [-0.3, -0.25) is 28.0 Å². The summed E-state index contributed by atoms with van der Waals surface area (Å²) < 4.78 is 47.7. The lowest BCUT2D eigenvalue weighted by Gasteiger charge is -2.20. The van der Waals surface area contributed by atoms with Crippen LogP contribution in [0.1, 0.15) is 175 Å². The molecule has 1 unspecified atom stereocenters. The van der Waals surface area contributed by atoms with E-state index in [0.29, 0.717) is 32.1 Å². The van der Waals surface area contributed by atoms with Crippen molar-refractivity contribution in [2.75, 3.05) is 26.4 Å². The van der Waals surface area contributed by atoms with Gasteiger partial charge in [0, 0.05) is 19.3 Å². The Balaban J connectivity index is 4.62. The second-order valence-electron chi connectivity index (χ2n) is 15.8. The number of phosphoric ester groups is 2. The lowest BCUT2D eigenvalue weighted by Crippen LogP contribution is -2.29. The van der Waals surface area contributed by atoms with Gasteiger partial charge in [-0.2, -0.15) is 0 Å². The molecule has 0 amide bonds. The minimum Gasteiger partial charge on any atom is -0.462 e. The highest BCUT2D eigenvalue weighted by atomic mass is 31.2. The van der Waals surface area contributed by atoms with Crippen LogP contribution < -0.4 is 0 Å². The lowest BCUT2D eigenvalue weighted by molar-refractivity contribution is -0.161. The molecule has 0 rings (SSSR count). The Morgan fingerprint density at radius 3 is 1.70 bits per heavy atom. The Bertz CT molecular complexity index is 1340. The molecule has 14 nitrogen and oxygen atoms in total. The summed E-state index contributed by atoms with van der Waals surface area (Å²) in [7, 11) is -9.71. The Morgan fingerprint density at radius 2 is 1.10 bits per heavy atom. The number of carbonyl (C=O) groups excluding carboxylic acids is 3. The summed E-state index contributed by atoms with van der Waals surface area (Å²) in [6.07, 6.45) is 35.3. The van der Waals surface area contributed by atoms with Crippen molar-refractivity contribution in [3.63, 3.8) is 0 Å². The highest BCUT2D eigenvalue weighted by molar-refractivity contribution is 7.47. The van der Waals surface area contributed by atoms with E-state index in [1.807, 2.05) is 36.5 Å². The van der Waals surface area contributed by atoms with E-state index in [4.69, 9.17) is 23.8 Å². The molecule has 0 aliphatic carbocycles. The van der Waals surface area contributed by atoms with Crippen molar-refractivity contribution in [1.82, 2.24) is 0 Å². The topological polar surface area (TPSA) is 212 Å². The Hall–Kier alpha value is -2.25. The molecule has 0 bridgehead atoms. The molecule has 354 valence electrons. The van der Waals surface area contributed by atoms with Crippen molar-refractivity contribution in [1.29, 1.82) is 0 Å². The second-order valence-corrected chi connectivity index (χ2v) is 18.5. The molecule has 4 N–H and O–H groups in total. The van der Waals surface area contributed by atoms with Crippen LogP contribution >= 0.6 is 15.6 Å². The fourth-order valence-electron chi connectivity index (χ4n) is 5.89. The fraction of sp³-hybridized carbons (Fsp3) is 0.756. The van der Waals surface area contributed by atoms with Crippen molar-refractivity contribution < 1.29 is 66.3 Å². The maximum atomic E-state index is 12.6. The number of rotatable bonds is 42. The van der Waals surface area contributed by atoms with Crippen LogP contribution in [0.25, 0.3) is 0 Å². The van der Waals surface area contributed by atoms with E-state index >= 15 is 0 Å². The summed E-state index contributed by atoms with van der Waals surface area (Å²) in [6.45, 7) is 3.85. The van der Waals surface area contributed by atoms with Crippen LogP contribution in [-0.2, 0) is 46.6 Å². The van der Waals surface area contributed by atoms with Gasteiger partial charge in [-0.05, 0) is 50.5 Å². The molecule has 0 aliphatic heterocycles. The quantitative estimate of drug-likeness (QED) is 0.0112. The largest absolute Gasteiger partial charge is 0.472 e. The van der Waals surface area contributed by atoms with Gasteiger partial charge in [-0.25, -0.2) is 9.13 Å². The van der Waals surface area contributed by atoms with E-state index < -0.39 is 66.2 Å². The number of carbonyl (C=O) groups is 3. The number of aliphatic hydroxyl groups excluding tert-OH is 1. The molecule has 0 aromatic heterocycles. The monoisotopic (exact) mass is 907 g/mol. The van der Waals surface area contributed by atoms with Crippen molar-refractivity contribution in [2.45, 2.75) is 187 Å². The van der Waals surface area contributed by atoms with Crippen LogP contribution in [0.15, 0.2) is 48.6 Å². The van der Waals surface area contributed by atoms with Gasteiger partial charge in [0.2, 0.25) is 0 Å². The van der Waals surface area contributed by atoms with Crippen LogP contribution in [0, 0.1) is 5.92 Å². The van der Waals surface area contributed by atoms with Gasteiger partial charge in [-0.15, -0.1) is 0 Å². The summed E-state index contributed by atoms with van der Waals surface area (Å²) in [4.78, 5) is 64.4. The van der Waals surface area contributed by atoms with Gasteiger partial charge in [0.25, 0.3) is 0 Å². The van der Waals surface area contributed by atoms with E-state index in [1.165, 1.54) is 64.2 Å². The standard InChI is InChI=1S/C45H80O14P2/c1-4-5-26-32-41(46)33-28-23-19-15-11-9-13-17-21-25-30-35-45(49)59-43(39-58-61(53,54)57-37-42(47)36-56-60(50,51)52)38-55-44(48)34-29-24-20-16-12-8-6-7-10-14-18-22-27-31-40(2)3/h9,11,17,19,21,23,28,33,40,42-43,47H,4-8,10,12-16,18,20,22,24-27,29-32,34-39H2,1-3H3,(H,53,54)(H2,50,51,52)/b11-9-,21-17-,23-19-,33-28+/t42-,43+/m0/s1. The number of allylic oxidation sites excluding steroid dienone is 8. The van der Waals surface area contributed by atoms with Gasteiger partial charge in [0.1, 0.15) is 12.7 Å². The molecule has 0 saturated heterocycles. The average molecular weight is 907 g/mol. The lowest BCUT2D eigenvalue weighted by atomic mass is 10.0. The molecule has 0 saturated carbocycles. The number of esters is 2. The zero-order valence-electron chi connectivity index (χ0n) is 37.4. The van der Waals surface area contributed by atoms with Crippen molar-refractivity contribution >= 4 is 33.4 Å². The Morgan fingerprint density at radius 1 is 0.574 bits per heavy atom. The van der Waals surface area contributed by atoms with Gasteiger partial charge in [-0.1, -0.05) is 160 Å². The number of unbranched alkanes of at least 4 members (excludes halogenated alkanes) is 15. The number of ketones is 1. The molecule has 0 fully saturated rings. The summed E-state index contributed by atoms with van der Waals surface area (Å²) in [5, 5.41) is 9.75. The average Bonchev–Trinajstić information content (AvgIpc) is 3.20. The van der Waals surface area contributed by atoms with E-state index in [9.17, 15) is 33.5 Å². The molecule has 0 heterocycles. The number of phosphoric acid groups is 2. The summed E-state index contributed by atoms with van der Waals surface area (Å²) >= 11 is 0. The highest BCUT2D eigenvalue weighted by Gasteiger charge is 2.28. The van der Waals surface area contributed by atoms with E-state index in [0.717, 1.165) is 50.9 Å². The molecule has 61 heavy (non-hydrogen) atoms. The van der Waals surface area contributed by atoms with Crippen molar-refractivity contribution in [3.8, 4) is 0 Å². The first-order valence-corrected chi connectivity index (χ1v) is 25.7. The van der Waals surface area contributed by atoms with Crippen molar-refractivity contribution in [2.24, 2.45) is 5.92 Å². The van der Waals surface area contributed by atoms with Crippen LogP contribution in [0.2, 0.25) is 0 Å². The fourth-order valence-corrected chi connectivity index (χ4v) is 7.05. The number of hydrogen-bond donors (Lipinski definition) is 4. The molecule has 0 aliphatic rings. The molecular formula is C45H80O14P2. The Labute approximate surface area is 366 Å².